The fourth-order valence-corrected chi connectivity index (χ4v) is 1.86. The molecule has 2 aromatic rings. The molecule has 2 rings (SSSR count). The van der Waals surface area contributed by atoms with Gasteiger partial charge in [-0.25, -0.2) is 4.79 Å². The van der Waals surface area contributed by atoms with Gasteiger partial charge in [0.2, 0.25) is 0 Å². The molecular weight excluding hydrogens is 326 g/mol. The van der Waals surface area contributed by atoms with Crippen molar-refractivity contribution >= 4 is 11.7 Å². The van der Waals surface area contributed by atoms with E-state index in [-0.39, 0.29) is 18.0 Å². The van der Waals surface area contributed by atoms with E-state index >= 15 is 0 Å². The van der Waals surface area contributed by atoms with Crippen LogP contribution in [-0.2, 0) is 4.79 Å². The second-order valence-electron chi connectivity index (χ2n) is 5.69. The Morgan fingerprint density at radius 1 is 1.04 bits per heavy atom. The molecule has 7 nitrogen and oxygen atoms in total. The van der Waals surface area contributed by atoms with Gasteiger partial charge in [-0.3, -0.25) is 10.1 Å². The van der Waals surface area contributed by atoms with Gasteiger partial charge in [0, 0.05) is 18.2 Å². The molecule has 0 aromatic heterocycles. The van der Waals surface area contributed by atoms with Gasteiger partial charge >= 0.3 is 5.97 Å². The quantitative estimate of drug-likeness (QED) is 0.314. The van der Waals surface area contributed by atoms with Crippen molar-refractivity contribution in [2.45, 2.75) is 13.8 Å². The van der Waals surface area contributed by atoms with E-state index in [1.165, 1.54) is 24.3 Å². The maximum absolute atomic E-state index is 11.8. The Balaban J connectivity index is 1.85. The molecular formula is C18H19NO6. The van der Waals surface area contributed by atoms with Crippen LogP contribution in [0.5, 0.6) is 17.2 Å². The third-order valence-corrected chi connectivity index (χ3v) is 3.02. The van der Waals surface area contributed by atoms with Crippen LogP contribution in [-0.4, -0.2) is 24.1 Å². The largest absolute Gasteiger partial charge is 0.493 e. The maximum atomic E-state index is 11.8. The molecule has 0 spiro atoms. The third-order valence-electron chi connectivity index (χ3n) is 3.02. The summed E-state index contributed by atoms with van der Waals surface area (Å²) in [7, 11) is 0. The Kier molecular flexibility index (Phi) is 6.33. The number of hydrogen-bond acceptors (Lipinski definition) is 6. The first-order valence-electron chi connectivity index (χ1n) is 7.75. The SMILES string of the molecule is CC(C)COc1cccc(OCC(=O)Oc2ccc([N+](=O)[O-])cc2)c1. The van der Waals surface area contributed by atoms with E-state index < -0.39 is 10.9 Å². The zero-order chi connectivity index (χ0) is 18.2. The van der Waals surface area contributed by atoms with Gasteiger partial charge in [0.15, 0.2) is 6.61 Å². The van der Waals surface area contributed by atoms with Gasteiger partial charge in [-0.1, -0.05) is 19.9 Å². The van der Waals surface area contributed by atoms with Crippen molar-refractivity contribution in [2.24, 2.45) is 5.92 Å². The van der Waals surface area contributed by atoms with E-state index in [0.717, 1.165) is 0 Å². The number of non-ortho nitro benzene ring substituents is 1. The van der Waals surface area contributed by atoms with Gasteiger partial charge in [-0.15, -0.1) is 0 Å². The average Bonchev–Trinajstić information content (AvgIpc) is 2.59. The van der Waals surface area contributed by atoms with Crippen LogP contribution in [0.2, 0.25) is 0 Å². The Morgan fingerprint density at radius 2 is 1.68 bits per heavy atom. The van der Waals surface area contributed by atoms with Crippen molar-refractivity contribution < 1.29 is 23.9 Å². The molecule has 0 atom stereocenters. The second-order valence-corrected chi connectivity index (χ2v) is 5.69. The smallest absolute Gasteiger partial charge is 0.349 e. The first-order valence-corrected chi connectivity index (χ1v) is 7.75. The number of rotatable bonds is 8. The zero-order valence-corrected chi connectivity index (χ0v) is 14.0. The molecule has 0 saturated carbocycles. The van der Waals surface area contributed by atoms with Crippen LogP contribution in [0.15, 0.2) is 48.5 Å². The fraction of sp³-hybridized carbons (Fsp3) is 0.278. The molecule has 25 heavy (non-hydrogen) atoms. The minimum absolute atomic E-state index is 0.0748. The Hall–Kier alpha value is -3.09. The van der Waals surface area contributed by atoms with Crippen LogP contribution in [0.1, 0.15) is 13.8 Å². The fourth-order valence-electron chi connectivity index (χ4n) is 1.86. The summed E-state index contributed by atoms with van der Waals surface area (Å²) in [5.41, 5.74) is -0.0748. The normalized spacial score (nSPS) is 10.4. The summed E-state index contributed by atoms with van der Waals surface area (Å²) in [6, 6.07) is 12.2. The molecule has 0 fully saturated rings. The molecule has 0 heterocycles. The van der Waals surface area contributed by atoms with E-state index in [0.29, 0.717) is 24.0 Å². The van der Waals surface area contributed by atoms with Gasteiger partial charge in [0.05, 0.1) is 11.5 Å². The predicted molar refractivity (Wildman–Crippen MR) is 91.0 cm³/mol. The van der Waals surface area contributed by atoms with Gasteiger partial charge in [0.25, 0.3) is 5.69 Å². The van der Waals surface area contributed by atoms with Crippen LogP contribution in [0.25, 0.3) is 0 Å². The highest BCUT2D eigenvalue weighted by atomic mass is 16.6. The Morgan fingerprint density at radius 3 is 2.28 bits per heavy atom. The molecule has 7 heteroatoms. The van der Waals surface area contributed by atoms with Gasteiger partial charge in [-0.05, 0) is 30.2 Å². The molecule has 0 saturated heterocycles. The maximum Gasteiger partial charge on any atom is 0.349 e. The Labute approximate surface area is 145 Å². The molecule has 0 aliphatic carbocycles. The van der Waals surface area contributed by atoms with Crippen LogP contribution < -0.4 is 14.2 Å². The van der Waals surface area contributed by atoms with E-state index in [2.05, 4.69) is 13.8 Å². The van der Waals surface area contributed by atoms with Crippen LogP contribution in [0.3, 0.4) is 0 Å². The molecule has 0 unspecified atom stereocenters. The lowest BCUT2D eigenvalue weighted by molar-refractivity contribution is -0.384. The monoisotopic (exact) mass is 345 g/mol. The van der Waals surface area contributed by atoms with Crippen LogP contribution in [0.4, 0.5) is 5.69 Å². The standard InChI is InChI=1S/C18H19NO6/c1-13(2)11-23-16-4-3-5-17(10-16)24-12-18(20)25-15-8-6-14(7-9-15)19(21)22/h3-10,13H,11-12H2,1-2H3. The lowest BCUT2D eigenvalue weighted by Gasteiger charge is -2.10. The summed E-state index contributed by atoms with van der Waals surface area (Å²) >= 11 is 0. The number of ether oxygens (including phenoxy) is 3. The lowest BCUT2D eigenvalue weighted by atomic mass is 10.2. The highest BCUT2D eigenvalue weighted by Gasteiger charge is 2.09. The number of nitro groups is 1. The molecule has 0 N–H and O–H groups in total. The van der Waals surface area contributed by atoms with Crippen molar-refractivity contribution in [1.29, 1.82) is 0 Å². The van der Waals surface area contributed by atoms with E-state index in [1.807, 2.05) is 6.07 Å². The summed E-state index contributed by atoms with van der Waals surface area (Å²) in [6.07, 6.45) is 0. The Bertz CT molecular complexity index is 727. The predicted octanol–water partition coefficient (Wildman–Crippen LogP) is 3.61. The molecule has 132 valence electrons. The number of carbonyl (C=O) groups excluding carboxylic acids is 1. The number of nitrogens with zero attached hydrogens (tertiary/aromatic N) is 1. The first kappa shape index (κ1) is 18.3. The van der Waals surface area contributed by atoms with Crippen molar-refractivity contribution in [3.63, 3.8) is 0 Å². The number of esters is 1. The molecule has 0 amide bonds. The molecule has 0 aliphatic heterocycles. The van der Waals surface area contributed by atoms with Crippen molar-refractivity contribution in [1.82, 2.24) is 0 Å². The van der Waals surface area contributed by atoms with E-state index in [9.17, 15) is 14.9 Å². The second kappa shape index (κ2) is 8.68. The number of benzene rings is 2. The van der Waals surface area contributed by atoms with Crippen LogP contribution >= 0.6 is 0 Å². The molecule has 0 aliphatic rings. The highest BCUT2D eigenvalue weighted by Crippen LogP contribution is 2.20. The topological polar surface area (TPSA) is 87.9 Å². The minimum atomic E-state index is -0.609. The number of hydrogen-bond donors (Lipinski definition) is 0. The van der Waals surface area contributed by atoms with Crippen LogP contribution in [0, 0.1) is 16.0 Å². The third kappa shape index (κ3) is 6.14. The van der Waals surface area contributed by atoms with Crippen molar-refractivity contribution in [2.75, 3.05) is 13.2 Å². The van der Waals surface area contributed by atoms with E-state index in [1.54, 1.807) is 18.2 Å². The summed E-state index contributed by atoms with van der Waals surface area (Å²) in [4.78, 5) is 21.8. The first-order chi connectivity index (χ1) is 11.9. The van der Waals surface area contributed by atoms with Gasteiger partial charge < -0.3 is 14.2 Å². The van der Waals surface area contributed by atoms with E-state index in [4.69, 9.17) is 14.2 Å². The minimum Gasteiger partial charge on any atom is -0.493 e. The van der Waals surface area contributed by atoms with Gasteiger partial charge in [0.1, 0.15) is 17.2 Å². The van der Waals surface area contributed by atoms with Gasteiger partial charge in [-0.2, -0.15) is 0 Å². The number of nitro benzene ring substituents is 1. The highest BCUT2D eigenvalue weighted by molar-refractivity contribution is 5.74. The summed E-state index contributed by atoms with van der Waals surface area (Å²) in [6.45, 7) is 4.40. The molecule has 0 bridgehead atoms. The average molecular weight is 345 g/mol. The summed E-state index contributed by atoms with van der Waals surface area (Å²) < 4.78 is 16.0. The zero-order valence-electron chi connectivity index (χ0n) is 14.0. The number of carbonyl (C=O) groups is 1. The summed E-state index contributed by atoms with van der Waals surface area (Å²) in [5.74, 6) is 1.16. The molecule has 0 radical (unpaired) electrons. The van der Waals surface area contributed by atoms with Crippen molar-refractivity contribution in [3.05, 3.63) is 58.6 Å². The summed E-state index contributed by atoms with van der Waals surface area (Å²) in [5, 5.41) is 10.6. The molecule has 2 aromatic carbocycles. The lowest BCUT2D eigenvalue weighted by Crippen LogP contribution is -2.17. The van der Waals surface area contributed by atoms with Crippen molar-refractivity contribution in [3.8, 4) is 17.2 Å².